The molecule has 0 aliphatic heterocycles. The Balaban J connectivity index is 1.52. The van der Waals surface area contributed by atoms with Crippen LogP contribution in [-0.2, 0) is 5.41 Å². The van der Waals surface area contributed by atoms with Gasteiger partial charge in [-0.25, -0.2) is 0 Å². The van der Waals surface area contributed by atoms with Gasteiger partial charge in [-0.05, 0) is 88.0 Å². The van der Waals surface area contributed by atoms with Crippen molar-refractivity contribution in [3.63, 3.8) is 0 Å². The van der Waals surface area contributed by atoms with E-state index in [1.165, 1.54) is 60.9 Å². The summed E-state index contributed by atoms with van der Waals surface area (Å²) in [6.07, 6.45) is 0. The average molecular weight is 641 g/mol. The summed E-state index contributed by atoms with van der Waals surface area (Å²) in [7, 11) is 0. The molecule has 0 unspecified atom stereocenters. The number of fused-ring (bicyclic) bond motifs is 6. The van der Waals surface area contributed by atoms with Crippen LogP contribution in [0.3, 0.4) is 0 Å². The normalized spacial score (nSPS) is 13.4. The van der Waals surface area contributed by atoms with E-state index in [1.807, 2.05) is 0 Å². The number of para-hydroxylation sites is 2. The Morgan fingerprint density at radius 2 is 1.02 bits per heavy atom. The van der Waals surface area contributed by atoms with Gasteiger partial charge in [0.05, 0.1) is 16.4 Å². The van der Waals surface area contributed by atoms with Gasteiger partial charge in [-0.3, -0.25) is 0 Å². The summed E-state index contributed by atoms with van der Waals surface area (Å²) in [6, 6.07) is 50.9. The zero-order valence-corrected chi connectivity index (χ0v) is 24.7. The Kier molecular flexibility index (Phi) is 5.42. The van der Waals surface area contributed by atoms with E-state index in [1.54, 1.807) is 0 Å². The third-order valence-corrected chi connectivity index (χ3v) is 9.37. The second kappa shape index (κ2) is 9.05. The van der Waals surface area contributed by atoms with Crippen molar-refractivity contribution in [3.05, 3.63) is 171 Å². The lowest BCUT2D eigenvalue weighted by atomic mass is 9.67. The molecule has 190 valence electrons. The molecule has 1 aliphatic carbocycles. The first-order valence-corrected chi connectivity index (χ1v) is 15.0. The van der Waals surface area contributed by atoms with Crippen LogP contribution in [0.1, 0.15) is 22.3 Å². The van der Waals surface area contributed by atoms with E-state index in [-0.39, 0.29) is 0 Å². The molecule has 6 aromatic carbocycles. The van der Waals surface area contributed by atoms with Crippen molar-refractivity contribution < 1.29 is 0 Å². The lowest BCUT2D eigenvalue weighted by Crippen LogP contribution is -2.28. The zero-order chi connectivity index (χ0) is 26.8. The van der Waals surface area contributed by atoms with Crippen molar-refractivity contribution in [1.82, 2.24) is 4.57 Å². The van der Waals surface area contributed by atoms with Gasteiger partial charge in [0.25, 0.3) is 0 Å². The van der Waals surface area contributed by atoms with Gasteiger partial charge >= 0.3 is 0 Å². The highest BCUT2D eigenvalue weighted by Gasteiger charge is 2.46. The molecule has 0 amide bonds. The molecule has 0 fully saturated rings. The molecular weight excluding hydrogens is 618 g/mol. The van der Waals surface area contributed by atoms with Gasteiger partial charge in [0.2, 0.25) is 0 Å². The molecule has 8 rings (SSSR count). The number of hydrogen-bond donors (Lipinski definition) is 0. The molecule has 0 radical (unpaired) electrons. The van der Waals surface area contributed by atoms with Crippen molar-refractivity contribution in [2.24, 2.45) is 0 Å². The van der Waals surface area contributed by atoms with E-state index >= 15 is 0 Å². The lowest BCUT2D eigenvalue weighted by Gasteiger charge is -2.34. The monoisotopic (exact) mass is 639 g/mol. The average Bonchev–Trinajstić information content (AvgIpc) is 3.47. The third-order valence-electron chi connectivity index (χ3n) is 8.39. The SMILES string of the molecule is Brc1ccc2c(c1)C(c1ccccc1)(c1ccc3c(c1)c1ccccc1n3-c1ccccc1)c1cc(Br)ccc1-2. The summed E-state index contributed by atoms with van der Waals surface area (Å²) in [5, 5.41) is 2.51. The highest BCUT2D eigenvalue weighted by molar-refractivity contribution is 9.10. The second-order valence-corrected chi connectivity index (χ2v) is 12.2. The number of halogens is 2. The van der Waals surface area contributed by atoms with Crippen LogP contribution < -0.4 is 0 Å². The first kappa shape index (κ1) is 23.9. The highest BCUT2D eigenvalue weighted by atomic mass is 79.9. The summed E-state index contributed by atoms with van der Waals surface area (Å²) in [5.41, 5.74) is 10.8. The maximum atomic E-state index is 3.81. The molecule has 0 atom stereocenters. The molecule has 1 heterocycles. The first-order valence-electron chi connectivity index (χ1n) is 13.4. The van der Waals surface area contributed by atoms with Crippen LogP contribution in [0.5, 0.6) is 0 Å². The minimum atomic E-state index is -0.469. The molecule has 7 aromatic rings. The maximum Gasteiger partial charge on any atom is 0.0714 e. The number of hydrogen-bond acceptors (Lipinski definition) is 0. The number of benzene rings is 6. The molecular formula is C37H23Br2N. The summed E-state index contributed by atoms with van der Waals surface area (Å²) >= 11 is 7.62. The fourth-order valence-electron chi connectivity index (χ4n) is 6.81. The Morgan fingerprint density at radius 3 is 1.70 bits per heavy atom. The summed E-state index contributed by atoms with van der Waals surface area (Å²) in [5.74, 6) is 0. The van der Waals surface area contributed by atoms with E-state index in [4.69, 9.17) is 0 Å². The largest absolute Gasteiger partial charge is 0.309 e. The summed E-state index contributed by atoms with van der Waals surface area (Å²) in [4.78, 5) is 0. The molecule has 0 saturated carbocycles. The van der Waals surface area contributed by atoms with Crippen LogP contribution in [0.2, 0.25) is 0 Å². The second-order valence-electron chi connectivity index (χ2n) is 10.4. The van der Waals surface area contributed by atoms with Crippen molar-refractivity contribution in [2.75, 3.05) is 0 Å². The molecule has 1 aromatic heterocycles. The van der Waals surface area contributed by atoms with Crippen LogP contribution in [0, 0.1) is 0 Å². The standard InChI is InChI=1S/C37H23Br2N/c38-26-16-18-29-30-19-17-27(39)23-34(30)37(33(29)22-26,24-9-3-1-4-10-24)25-15-20-36-32(21-25)31-13-7-8-14-35(31)40(36)28-11-5-2-6-12-28/h1-23H. The number of nitrogens with zero attached hydrogens (tertiary/aromatic N) is 1. The van der Waals surface area contributed by atoms with E-state index in [2.05, 4.69) is 176 Å². The molecule has 1 aliphatic rings. The van der Waals surface area contributed by atoms with Gasteiger partial charge in [-0.1, -0.05) is 117 Å². The molecule has 0 N–H and O–H groups in total. The number of rotatable bonds is 3. The highest BCUT2D eigenvalue weighted by Crippen LogP contribution is 2.57. The van der Waals surface area contributed by atoms with E-state index in [9.17, 15) is 0 Å². The Hall–Kier alpha value is -3.92. The van der Waals surface area contributed by atoms with Crippen LogP contribution in [0.25, 0.3) is 38.6 Å². The molecule has 0 bridgehead atoms. The van der Waals surface area contributed by atoms with Crippen LogP contribution in [0.15, 0.2) is 148 Å². The van der Waals surface area contributed by atoms with E-state index < -0.39 is 5.41 Å². The van der Waals surface area contributed by atoms with Gasteiger partial charge in [0, 0.05) is 25.4 Å². The number of aromatic nitrogens is 1. The van der Waals surface area contributed by atoms with Crippen molar-refractivity contribution >= 4 is 53.7 Å². The van der Waals surface area contributed by atoms with Crippen molar-refractivity contribution in [1.29, 1.82) is 0 Å². The topological polar surface area (TPSA) is 4.93 Å². The third kappa shape index (κ3) is 3.31. The van der Waals surface area contributed by atoms with Crippen LogP contribution >= 0.6 is 31.9 Å². The molecule has 40 heavy (non-hydrogen) atoms. The fraction of sp³-hybridized carbons (Fsp3) is 0.0270. The minimum absolute atomic E-state index is 0.469. The predicted molar refractivity (Wildman–Crippen MR) is 173 cm³/mol. The van der Waals surface area contributed by atoms with Gasteiger partial charge in [-0.15, -0.1) is 0 Å². The molecule has 1 nitrogen and oxygen atoms in total. The Labute approximate surface area is 250 Å². The van der Waals surface area contributed by atoms with Gasteiger partial charge in [0.15, 0.2) is 0 Å². The van der Waals surface area contributed by atoms with Gasteiger partial charge < -0.3 is 4.57 Å². The molecule has 0 saturated heterocycles. The first-order chi connectivity index (χ1) is 19.7. The lowest BCUT2D eigenvalue weighted by molar-refractivity contribution is 0.768. The predicted octanol–water partition coefficient (Wildman–Crippen LogP) is 10.7. The van der Waals surface area contributed by atoms with Crippen molar-refractivity contribution in [3.8, 4) is 16.8 Å². The van der Waals surface area contributed by atoms with Crippen LogP contribution in [-0.4, -0.2) is 4.57 Å². The molecule has 0 spiro atoms. The van der Waals surface area contributed by atoms with E-state index in [0.29, 0.717) is 0 Å². The quantitative estimate of drug-likeness (QED) is 0.181. The smallest absolute Gasteiger partial charge is 0.0714 e. The zero-order valence-electron chi connectivity index (χ0n) is 21.5. The Bertz CT molecular complexity index is 2020. The minimum Gasteiger partial charge on any atom is -0.309 e. The summed E-state index contributed by atoms with van der Waals surface area (Å²) < 4.78 is 4.55. The fourth-order valence-corrected chi connectivity index (χ4v) is 7.53. The Morgan fingerprint density at radius 1 is 0.450 bits per heavy atom. The molecule has 3 heteroatoms. The summed E-state index contributed by atoms with van der Waals surface area (Å²) in [6.45, 7) is 0. The van der Waals surface area contributed by atoms with Gasteiger partial charge in [-0.2, -0.15) is 0 Å². The van der Waals surface area contributed by atoms with Crippen LogP contribution in [0.4, 0.5) is 0 Å². The van der Waals surface area contributed by atoms with Crippen molar-refractivity contribution in [2.45, 2.75) is 5.41 Å². The van der Waals surface area contributed by atoms with Gasteiger partial charge in [0.1, 0.15) is 0 Å². The maximum absolute atomic E-state index is 3.81. The van der Waals surface area contributed by atoms with E-state index in [0.717, 1.165) is 8.95 Å².